The van der Waals surface area contributed by atoms with Gasteiger partial charge in [-0.2, -0.15) is 0 Å². The Morgan fingerprint density at radius 1 is 0.833 bits per heavy atom. The summed E-state index contributed by atoms with van der Waals surface area (Å²) in [5.74, 6) is 1.05. The number of thioether (sulfide) groups is 2. The number of hydrogen-bond donors (Lipinski definition) is 1. The van der Waals surface area contributed by atoms with E-state index in [1.165, 1.54) is 0 Å². The van der Waals surface area contributed by atoms with Crippen molar-refractivity contribution in [2.24, 2.45) is 0 Å². The molecule has 1 aliphatic heterocycles. The number of ether oxygens (including phenoxy) is 3. The fourth-order valence-electron chi connectivity index (χ4n) is 5.69. The first-order chi connectivity index (χ1) is 20.5. The van der Waals surface area contributed by atoms with Gasteiger partial charge in [0.2, 0.25) is 0 Å². The molecule has 8 heteroatoms. The Morgan fingerprint density at radius 3 is 2.14 bits per heavy atom. The summed E-state index contributed by atoms with van der Waals surface area (Å²) in [5, 5.41) is 9.12. The van der Waals surface area contributed by atoms with Crippen LogP contribution in [0.15, 0.2) is 103 Å². The van der Waals surface area contributed by atoms with Crippen molar-refractivity contribution in [3.8, 4) is 16.9 Å². The molecular weight excluding hydrogens is 569 g/mol. The van der Waals surface area contributed by atoms with E-state index in [-0.39, 0.29) is 12.5 Å². The quantitative estimate of drug-likeness (QED) is 0.195. The van der Waals surface area contributed by atoms with E-state index >= 15 is 0 Å². The molecule has 1 saturated heterocycles. The number of aliphatic carboxylic acids is 1. The molecule has 0 aromatic heterocycles. The summed E-state index contributed by atoms with van der Waals surface area (Å²) < 4.78 is 17.0. The van der Waals surface area contributed by atoms with Crippen molar-refractivity contribution in [2.75, 3.05) is 24.7 Å². The first-order valence-corrected chi connectivity index (χ1v) is 15.8. The second-order valence-corrected chi connectivity index (χ2v) is 13.1. The van der Waals surface area contributed by atoms with Gasteiger partial charge in [-0.05, 0) is 63.4 Å². The summed E-state index contributed by atoms with van der Waals surface area (Å²) >= 11 is 3.51. The minimum Gasteiger partial charge on any atom is -0.482 e. The van der Waals surface area contributed by atoms with Crippen LogP contribution < -0.4 is 4.74 Å². The Balaban J connectivity index is 1.30. The number of benzene rings is 4. The Labute approximate surface area is 253 Å². The van der Waals surface area contributed by atoms with E-state index in [1.807, 2.05) is 48.5 Å². The number of carboxylic acid groups (broad SMARTS) is 1. The number of carbonyl (C=O) groups is 2. The third kappa shape index (κ3) is 5.74. The predicted molar refractivity (Wildman–Crippen MR) is 166 cm³/mol. The van der Waals surface area contributed by atoms with Gasteiger partial charge in [-0.3, -0.25) is 0 Å². The minimum absolute atomic E-state index is 0.0855. The van der Waals surface area contributed by atoms with Gasteiger partial charge in [0.15, 0.2) is 12.7 Å². The Hall–Kier alpha value is -3.88. The molecule has 2 aliphatic rings. The van der Waals surface area contributed by atoms with Crippen molar-refractivity contribution in [1.29, 1.82) is 0 Å². The summed E-state index contributed by atoms with van der Waals surface area (Å²) in [7, 11) is 0. The van der Waals surface area contributed by atoms with Crippen molar-refractivity contribution in [3.05, 3.63) is 125 Å². The molecule has 1 fully saturated rings. The van der Waals surface area contributed by atoms with E-state index in [9.17, 15) is 9.59 Å². The van der Waals surface area contributed by atoms with Gasteiger partial charge < -0.3 is 19.3 Å². The van der Waals surface area contributed by atoms with E-state index in [0.29, 0.717) is 11.3 Å². The molecule has 1 atom stereocenters. The molecule has 0 spiro atoms. The average molecular weight is 599 g/mol. The molecule has 1 aliphatic carbocycles. The maximum absolute atomic E-state index is 13.6. The van der Waals surface area contributed by atoms with Gasteiger partial charge in [-0.1, -0.05) is 91.0 Å². The summed E-state index contributed by atoms with van der Waals surface area (Å²) in [5.41, 5.74) is 6.31. The van der Waals surface area contributed by atoms with Gasteiger partial charge >= 0.3 is 12.1 Å². The summed E-state index contributed by atoms with van der Waals surface area (Å²) in [4.78, 5) is 24.7. The fraction of sp³-hybridized carbons (Fsp3) is 0.235. The number of hydrogen-bond acceptors (Lipinski definition) is 7. The molecule has 0 bridgehead atoms. The van der Waals surface area contributed by atoms with Gasteiger partial charge in [0.1, 0.15) is 16.4 Å². The van der Waals surface area contributed by atoms with Gasteiger partial charge in [-0.25, -0.2) is 9.59 Å². The lowest BCUT2D eigenvalue weighted by Crippen LogP contribution is -2.34. The molecule has 214 valence electrons. The van der Waals surface area contributed by atoms with E-state index < -0.39 is 28.9 Å². The lowest BCUT2D eigenvalue weighted by molar-refractivity contribution is -0.139. The molecule has 0 amide bonds. The number of fused-ring (bicyclic) bond motifs is 3. The fourth-order valence-corrected chi connectivity index (χ4v) is 9.16. The largest absolute Gasteiger partial charge is 0.509 e. The molecule has 6 rings (SSSR count). The van der Waals surface area contributed by atoms with Crippen LogP contribution in [0.1, 0.15) is 40.7 Å². The van der Waals surface area contributed by atoms with Gasteiger partial charge in [0.25, 0.3) is 0 Å². The van der Waals surface area contributed by atoms with Crippen molar-refractivity contribution < 1.29 is 28.9 Å². The highest BCUT2D eigenvalue weighted by Crippen LogP contribution is 2.59. The first-order valence-electron chi connectivity index (χ1n) is 13.8. The van der Waals surface area contributed by atoms with Gasteiger partial charge in [0, 0.05) is 5.92 Å². The number of carbonyl (C=O) groups excluding carboxylic acids is 1. The highest BCUT2D eigenvalue weighted by molar-refractivity contribution is 8.18. The van der Waals surface area contributed by atoms with Crippen LogP contribution in [0.3, 0.4) is 0 Å². The number of rotatable bonds is 9. The zero-order chi connectivity index (χ0) is 28.9. The maximum Gasteiger partial charge on any atom is 0.509 e. The summed E-state index contributed by atoms with van der Waals surface area (Å²) in [6, 6.07) is 33.6. The third-order valence-electron chi connectivity index (χ3n) is 7.51. The van der Waals surface area contributed by atoms with Crippen molar-refractivity contribution >= 4 is 35.6 Å². The molecule has 1 heterocycles. The second-order valence-electron chi connectivity index (χ2n) is 10.1. The predicted octanol–water partition coefficient (Wildman–Crippen LogP) is 7.88. The normalized spacial score (nSPS) is 16.1. The van der Waals surface area contributed by atoms with Crippen molar-refractivity contribution in [2.45, 2.75) is 22.5 Å². The number of carboxylic acids is 1. The SMILES string of the molecule is O=C(O)COc1cccc(C(OC(=O)OCC2c3ccccc3-c3ccccc32)C2(c3ccccc3)SCCCS2)c1. The van der Waals surface area contributed by atoms with E-state index in [2.05, 4.69) is 36.4 Å². The smallest absolute Gasteiger partial charge is 0.482 e. The maximum atomic E-state index is 13.6. The lowest BCUT2D eigenvalue weighted by Gasteiger charge is -2.42. The minimum atomic E-state index is -1.06. The Kier molecular flexibility index (Phi) is 8.44. The van der Waals surface area contributed by atoms with Crippen molar-refractivity contribution in [3.63, 3.8) is 0 Å². The molecule has 4 aromatic rings. The molecule has 42 heavy (non-hydrogen) atoms. The molecular formula is C34H30O6S2. The standard InChI is InChI=1S/C34H30O6S2/c35-31(36)22-38-25-13-8-10-23(20-25)32(34(41-18-9-19-42-34)24-11-2-1-3-12-24)40-33(37)39-21-30-28-16-6-4-14-26(28)27-15-5-7-17-29(27)30/h1-8,10-17,20,30,32H,9,18-19,21-22H2,(H,35,36). The molecule has 4 aromatic carbocycles. The van der Waals surface area contributed by atoms with Crippen molar-refractivity contribution in [1.82, 2.24) is 0 Å². The molecule has 1 N–H and O–H groups in total. The zero-order valence-electron chi connectivity index (χ0n) is 22.8. The highest BCUT2D eigenvalue weighted by Gasteiger charge is 2.47. The van der Waals surface area contributed by atoms with E-state index in [4.69, 9.17) is 19.3 Å². The highest BCUT2D eigenvalue weighted by atomic mass is 32.2. The molecule has 1 unspecified atom stereocenters. The van der Waals surface area contributed by atoms with Crippen LogP contribution in [0.5, 0.6) is 5.75 Å². The molecule has 6 nitrogen and oxygen atoms in total. The zero-order valence-corrected chi connectivity index (χ0v) is 24.4. The van der Waals surface area contributed by atoms with E-state index in [1.54, 1.807) is 41.7 Å². The van der Waals surface area contributed by atoms with Crippen LogP contribution in [0.4, 0.5) is 4.79 Å². The molecule has 0 saturated carbocycles. The van der Waals surface area contributed by atoms with Crippen LogP contribution in [-0.2, 0) is 18.3 Å². The average Bonchev–Trinajstić information content (AvgIpc) is 3.36. The summed E-state index contributed by atoms with van der Waals surface area (Å²) in [6.45, 7) is -0.311. The monoisotopic (exact) mass is 598 g/mol. The lowest BCUT2D eigenvalue weighted by atomic mass is 9.98. The first kappa shape index (κ1) is 28.2. The topological polar surface area (TPSA) is 82.1 Å². The third-order valence-corrected chi connectivity index (χ3v) is 11.0. The van der Waals surface area contributed by atoms with Gasteiger partial charge in [0.05, 0.1) is 0 Å². The van der Waals surface area contributed by atoms with Gasteiger partial charge in [-0.15, -0.1) is 23.5 Å². The Bertz CT molecular complexity index is 1520. The van der Waals surface area contributed by atoms with Crippen LogP contribution in [0, 0.1) is 0 Å². The molecule has 0 radical (unpaired) electrons. The van der Waals surface area contributed by atoms with E-state index in [0.717, 1.165) is 45.7 Å². The Morgan fingerprint density at radius 2 is 1.48 bits per heavy atom. The van der Waals surface area contributed by atoms with Crippen LogP contribution in [-0.4, -0.2) is 42.0 Å². The second kappa shape index (κ2) is 12.5. The van der Waals surface area contributed by atoms with Crippen LogP contribution >= 0.6 is 23.5 Å². The summed E-state index contributed by atoms with van der Waals surface area (Å²) in [6.07, 6.45) is -0.427. The van der Waals surface area contributed by atoms with Crippen LogP contribution in [0.25, 0.3) is 11.1 Å². The van der Waals surface area contributed by atoms with Crippen LogP contribution in [0.2, 0.25) is 0 Å².